The highest BCUT2D eigenvalue weighted by Crippen LogP contribution is 2.17. The molecule has 8 heteroatoms. The molecule has 0 radical (unpaired) electrons. The van der Waals surface area contributed by atoms with Crippen molar-refractivity contribution in [3.8, 4) is 0 Å². The van der Waals surface area contributed by atoms with Gasteiger partial charge in [0.25, 0.3) is 5.91 Å². The second-order valence-electron chi connectivity index (χ2n) is 7.08. The van der Waals surface area contributed by atoms with E-state index in [-0.39, 0.29) is 30.6 Å². The number of hydrogen-bond acceptors (Lipinski definition) is 4. The standard InChI is InChI=1S/C22H24N4O4/c1-15(27)23-17-8-5-9-18(14-17)24-20(28)11-10-19-21(29)26(22(30)25-19)13-12-16-6-3-2-4-7-16/h2-9,14,19H,10-13H2,1H3,(H,23,27)(H,24,28)(H,25,30)/t19-/m0/s1. The Hall–Kier alpha value is -3.68. The van der Waals surface area contributed by atoms with Gasteiger partial charge in [0.15, 0.2) is 0 Å². The van der Waals surface area contributed by atoms with Gasteiger partial charge in [0.05, 0.1) is 0 Å². The Kier molecular flexibility index (Phi) is 6.79. The number of amides is 5. The lowest BCUT2D eigenvalue weighted by atomic mass is 10.1. The largest absolute Gasteiger partial charge is 0.326 e. The van der Waals surface area contributed by atoms with Crippen molar-refractivity contribution in [1.29, 1.82) is 0 Å². The highest BCUT2D eigenvalue weighted by molar-refractivity contribution is 6.04. The Labute approximate surface area is 174 Å². The predicted molar refractivity (Wildman–Crippen MR) is 113 cm³/mol. The molecule has 2 aromatic carbocycles. The van der Waals surface area contributed by atoms with Gasteiger partial charge >= 0.3 is 6.03 Å². The van der Waals surface area contributed by atoms with Crippen LogP contribution in [0.3, 0.4) is 0 Å². The minimum atomic E-state index is -0.704. The van der Waals surface area contributed by atoms with Crippen LogP contribution in [-0.2, 0) is 20.8 Å². The van der Waals surface area contributed by atoms with E-state index in [1.54, 1.807) is 24.3 Å². The molecule has 3 N–H and O–H groups in total. The first-order chi connectivity index (χ1) is 14.4. The number of nitrogens with zero attached hydrogens (tertiary/aromatic N) is 1. The van der Waals surface area contributed by atoms with Gasteiger partial charge in [-0.1, -0.05) is 36.4 Å². The smallest absolute Gasteiger partial charge is 0.324 e. The molecule has 5 amide bonds. The fourth-order valence-electron chi connectivity index (χ4n) is 3.25. The van der Waals surface area contributed by atoms with Crippen molar-refractivity contribution in [3.63, 3.8) is 0 Å². The van der Waals surface area contributed by atoms with Crippen molar-refractivity contribution in [2.45, 2.75) is 32.2 Å². The van der Waals surface area contributed by atoms with Gasteiger partial charge in [-0.2, -0.15) is 0 Å². The maximum atomic E-state index is 12.5. The van der Waals surface area contributed by atoms with Crippen LogP contribution in [0.1, 0.15) is 25.3 Å². The van der Waals surface area contributed by atoms with Crippen LogP contribution in [0.15, 0.2) is 54.6 Å². The van der Waals surface area contributed by atoms with Crippen molar-refractivity contribution in [3.05, 3.63) is 60.2 Å². The molecule has 1 fully saturated rings. The van der Waals surface area contributed by atoms with E-state index in [0.717, 1.165) is 5.56 Å². The normalized spacial score (nSPS) is 15.6. The summed E-state index contributed by atoms with van der Waals surface area (Å²) in [6.07, 6.45) is 0.870. The summed E-state index contributed by atoms with van der Waals surface area (Å²) in [4.78, 5) is 49.2. The zero-order chi connectivity index (χ0) is 21.5. The van der Waals surface area contributed by atoms with Crippen LogP contribution < -0.4 is 16.0 Å². The number of imide groups is 1. The van der Waals surface area contributed by atoms with Gasteiger partial charge in [-0.15, -0.1) is 0 Å². The van der Waals surface area contributed by atoms with Crippen molar-refractivity contribution in [2.75, 3.05) is 17.2 Å². The van der Waals surface area contributed by atoms with Crippen LogP contribution in [0.25, 0.3) is 0 Å². The molecule has 2 aromatic rings. The molecule has 8 nitrogen and oxygen atoms in total. The van der Waals surface area contributed by atoms with E-state index in [0.29, 0.717) is 24.3 Å². The minimum Gasteiger partial charge on any atom is -0.326 e. The highest BCUT2D eigenvalue weighted by atomic mass is 16.2. The molecule has 1 aliphatic heterocycles. The summed E-state index contributed by atoms with van der Waals surface area (Å²) < 4.78 is 0. The van der Waals surface area contributed by atoms with E-state index >= 15 is 0 Å². The average molecular weight is 408 g/mol. The number of nitrogens with one attached hydrogen (secondary N) is 3. The molecule has 0 saturated carbocycles. The molecule has 1 saturated heterocycles. The van der Waals surface area contributed by atoms with Gasteiger partial charge in [0.2, 0.25) is 11.8 Å². The molecule has 1 aliphatic rings. The molecule has 30 heavy (non-hydrogen) atoms. The molecular formula is C22H24N4O4. The third kappa shape index (κ3) is 5.66. The third-order valence-corrected chi connectivity index (χ3v) is 4.70. The van der Waals surface area contributed by atoms with E-state index in [9.17, 15) is 19.2 Å². The van der Waals surface area contributed by atoms with Crippen molar-refractivity contribution in [2.24, 2.45) is 0 Å². The number of rotatable bonds is 8. The Morgan fingerprint density at radius 3 is 2.40 bits per heavy atom. The first-order valence-electron chi connectivity index (χ1n) is 9.75. The van der Waals surface area contributed by atoms with Gasteiger partial charge < -0.3 is 16.0 Å². The quantitative estimate of drug-likeness (QED) is 0.583. The van der Waals surface area contributed by atoms with Crippen LogP contribution in [-0.4, -0.2) is 41.2 Å². The number of anilines is 2. The Morgan fingerprint density at radius 2 is 1.70 bits per heavy atom. The second kappa shape index (κ2) is 9.69. The Balaban J connectivity index is 1.48. The van der Waals surface area contributed by atoms with Crippen molar-refractivity contribution >= 4 is 35.1 Å². The maximum Gasteiger partial charge on any atom is 0.324 e. The lowest BCUT2D eigenvalue weighted by Gasteiger charge is -2.13. The fourth-order valence-corrected chi connectivity index (χ4v) is 3.25. The number of carbonyl (C=O) groups is 4. The molecule has 0 bridgehead atoms. The van der Waals surface area contributed by atoms with Gasteiger partial charge in [-0.3, -0.25) is 19.3 Å². The van der Waals surface area contributed by atoms with Gasteiger partial charge in [0, 0.05) is 31.3 Å². The van der Waals surface area contributed by atoms with Crippen LogP contribution >= 0.6 is 0 Å². The summed E-state index contributed by atoms with van der Waals surface area (Å²) in [6, 6.07) is 15.3. The molecule has 1 heterocycles. The van der Waals surface area contributed by atoms with Gasteiger partial charge in [-0.25, -0.2) is 4.79 Å². The summed E-state index contributed by atoms with van der Waals surface area (Å²) in [5, 5.41) is 8.03. The Bertz CT molecular complexity index is 945. The summed E-state index contributed by atoms with van der Waals surface area (Å²) >= 11 is 0. The van der Waals surface area contributed by atoms with Gasteiger partial charge in [-0.05, 0) is 36.6 Å². The number of carbonyl (C=O) groups excluding carboxylic acids is 4. The number of hydrogen-bond donors (Lipinski definition) is 3. The summed E-state index contributed by atoms with van der Waals surface area (Å²) in [5.74, 6) is -0.790. The SMILES string of the molecule is CC(=O)Nc1cccc(NC(=O)CC[C@@H]2NC(=O)N(CCc3ccccc3)C2=O)c1. The van der Waals surface area contributed by atoms with Crippen LogP contribution in [0.5, 0.6) is 0 Å². The highest BCUT2D eigenvalue weighted by Gasteiger charge is 2.37. The molecule has 0 spiro atoms. The van der Waals surface area contributed by atoms with E-state index in [1.165, 1.54) is 11.8 Å². The fraction of sp³-hybridized carbons (Fsp3) is 0.273. The first kappa shape index (κ1) is 21.0. The second-order valence-corrected chi connectivity index (χ2v) is 7.08. The molecule has 0 unspecified atom stereocenters. The van der Waals surface area contributed by atoms with Crippen LogP contribution in [0.4, 0.5) is 16.2 Å². The summed E-state index contributed by atoms with van der Waals surface area (Å²) in [7, 11) is 0. The summed E-state index contributed by atoms with van der Waals surface area (Å²) in [5.41, 5.74) is 2.16. The predicted octanol–water partition coefficient (Wildman–Crippen LogP) is 2.53. The Morgan fingerprint density at radius 1 is 1.00 bits per heavy atom. The van der Waals surface area contributed by atoms with E-state index in [1.807, 2.05) is 30.3 Å². The number of benzene rings is 2. The molecule has 3 rings (SSSR count). The van der Waals surface area contributed by atoms with E-state index in [2.05, 4.69) is 16.0 Å². The lowest BCUT2D eigenvalue weighted by Crippen LogP contribution is -2.33. The lowest BCUT2D eigenvalue weighted by molar-refractivity contribution is -0.127. The first-order valence-corrected chi connectivity index (χ1v) is 9.75. The maximum absolute atomic E-state index is 12.5. The topological polar surface area (TPSA) is 108 Å². The zero-order valence-corrected chi connectivity index (χ0v) is 16.7. The molecule has 0 aliphatic carbocycles. The minimum absolute atomic E-state index is 0.0770. The van der Waals surface area contributed by atoms with E-state index < -0.39 is 12.1 Å². The molecular weight excluding hydrogens is 384 g/mol. The molecule has 1 atom stereocenters. The summed E-state index contributed by atoms with van der Waals surface area (Å²) in [6.45, 7) is 1.70. The average Bonchev–Trinajstić information content (AvgIpc) is 2.98. The third-order valence-electron chi connectivity index (χ3n) is 4.70. The van der Waals surface area contributed by atoms with Crippen molar-refractivity contribution in [1.82, 2.24) is 10.2 Å². The van der Waals surface area contributed by atoms with Crippen molar-refractivity contribution < 1.29 is 19.2 Å². The van der Waals surface area contributed by atoms with E-state index in [4.69, 9.17) is 0 Å². The monoisotopic (exact) mass is 408 g/mol. The van der Waals surface area contributed by atoms with Gasteiger partial charge in [0.1, 0.15) is 6.04 Å². The zero-order valence-electron chi connectivity index (χ0n) is 16.7. The number of urea groups is 1. The van der Waals surface area contributed by atoms with Crippen LogP contribution in [0.2, 0.25) is 0 Å². The van der Waals surface area contributed by atoms with Crippen LogP contribution in [0, 0.1) is 0 Å². The molecule has 156 valence electrons. The molecule has 0 aromatic heterocycles.